The van der Waals surface area contributed by atoms with Crippen LogP contribution in [0.4, 0.5) is 0 Å². The molecular formula is C9H17N. The molecule has 0 amide bonds. The number of fused-ring (bicyclic) bond motifs is 3. The normalized spacial score (nSPS) is 43.8. The zero-order valence-corrected chi connectivity index (χ0v) is 6.98. The van der Waals surface area contributed by atoms with Crippen molar-refractivity contribution in [1.29, 1.82) is 0 Å². The molecular weight excluding hydrogens is 122 g/mol. The molecule has 2 bridgehead atoms. The van der Waals surface area contributed by atoms with Crippen LogP contribution in [-0.4, -0.2) is 12.6 Å². The van der Waals surface area contributed by atoms with Crippen LogP contribution in [-0.2, 0) is 0 Å². The third-order valence-electron chi connectivity index (χ3n) is 3.59. The van der Waals surface area contributed by atoms with Gasteiger partial charge in [-0.05, 0) is 37.1 Å². The van der Waals surface area contributed by atoms with E-state index in [1.165, 1.54) is 25.8 Å². The van der Waals surface area contributed by atoms with Crippen LogP contribution in [0.2, 0.25) is 0 Å². The molecule has 3 aliphatic rings. The minimum atomic E-state index is 0.608. The Morgan fingerprint density at radius 3 is 2.90 bits per heavy atom. The van der Waals surface area contributed by atoms with Gasteiger partial charge >= 0.3 is 0 Å². The topological polar surface area (TPSA) is 12.0 Å². The molecule has 0 aromatic heterocycles. The van der Waals surface area contributed by atoms with Crippen LogP contribution in [0.3, 0.4) is 0 Å². The Labute approximate surface area is 63.2 Å². The Morgan fingerprint density at radius 2 is 2.20 bits per heavy atom. The first kappa shape index (κ1) is 6.66. The highest BCUT2D eigenvalue weighted by atomic mass is 15.0. The largest absolute Gasteiger partial charge is 0.313 e. The predicted octanol–water partition coefficient (Wildman–Crippen LogP) is 1.78. The lowest BCUT2D eigenvalue weighted by Crippen LogP contribution is -2.54. The molecule has 2 atom stereocenters. The molecule has 1 saturated carbocycles. The molecule has 0 spiro atoms. The summed E-state index contributed by atoms with van der Waals surface area (Å²) in [5.74, 6) is 1.02. The first-order valence-electron chi connectivity index (χ1n) is 4.44. The zero-order chi connectivity index (χ0) is 7.19. The molecule has 2 aliphatic heterocycles. The Balaban J connectivity index is 2.12. The van der Waals surface area contributed by atoms with E-state index in [1.54, 1.807) is 0 Å². The van der Waals surface area contributed by atoms with Crippen molar-refractivity contribution in [3.8, 4) is 0 Å². The summed E-state index contributed by atoms with van der Waals surface area (Å²) < 4.78 is 0. The summed E-state index contributed by atoms with van der Waals surface area (Å²) in [6.07, 6.45) is 4.29. The molecule has 0 aromatic rings. The van der Waals surface area contributed by atoms with Gasteiger partial charge in [0.15, 0.2) is 0 Å². The Morgan fingerprint density at radius 1 is 1.40 bits per heavy atom. The summed E-state index contributed by atoms with van der Waals surface area (Å²) >= 11 is 0. The molecule has 0 aromatic carbocycles. The summed E-state index contributed by atoms with van der Waals surface area (Å²) in [5.41, 5.74) is 0.608. The number of nitrogens with one attached hydrogen (secondary N) is 1. The van der Waals surface area contributed by atoms with Gasteiger partial charge in [0.2, 0.25) is 0 Å². The summed E-state index contributed by atoms with van der Waals surface area (Å²) in [6, 6.07) is 0.833. The summed E-state index contributed by atoms with van der Waals surface area (Å²) in [7, 11) is 0. The molecule has 1 heteroatoms. The predicted molar refractivity (Wildman–Crippen MR) is 42.9 cm³/mol. The third-order valence-corrected chi connectivity index (χ3v) is 3.59. The van der Waals surface area contributed by atoms with Gasteiger partial charge in [-0.25, -0.2) is 0 Å². The van der Waals surface area contributed by atoms with Crippen molar-refractivity contribution in [2.45, 2.75) is 39.2 Å². The summed E-state index contributed by atoms with van der Waals surface area (Å²) in [5, 5.41) is 3.60. The SMILES string of the molecule is CC1(C)[C@H]2CCCN[C@H]1C2. The van der Waals surface area contributed by atoms with Crippen molar-refractivity contribution in [3.63, 3.8) is 0 Å². The molecule has 3 fully saturated rings. The van der Waals surface area contributed by atoms with Gasteiger partial charge in [0.25, 0.3) is 0 Å². The van der Waals surface area contributed by atoms with Gasteiger partial charge < -0.3 is 5.32 Å². The molecule has 0 unspecified atom stereocenters. The highest BCUT2D eigenvalue weighted by Crippen LogP contribution is 2.49. The molecule has 58 valence electrons. The van der Waals surface area contributed by atoms with Crippen LogP contribution in [0.25, 0.3) is 0 Å². The van der Waals surface area contributed by atoms with Gasteiger partial charge in [0.1, 0.15) is 0 Å². The fourth-order valence-corrected chi connectivity index (χ4v) is 2.48. The van der Waals surface area contributed by atoms with Gasteiger partial charge in [-0.2, -0.15) is 0 Å². The highest BCUT2D eigenvalue weighted by molar-refractivity contribution is 5.02. The highest BCUT2D eigenvalue weighted by Gasteiger charge is 2.48. The van der Waals surface area contributed by atoms with Gasteiger partial charge in [0, 0.05) is 6.04 Å². The maximum absolute atomic E-state index is 3.60. The second-order valence-corrected chi connectivity index (χ2v) is 4.40. The van der Waals surface area contributed by atoms with Crippen LogP contribution in [0.15, 0.2) is 0 Å². The molecule has 10 heavy (non-hydrogen) atoms. The second kappa shape index (κ2) is 1.97. The number of hydrogen-bond donors (Lipinski definition) is 1. The maximum Gasteiger partial charge on any atom is 0.0124 e. The van der Waals surface area contributed by atoms with Crippen molar-refractivity contribution in [1.82, 2.24) is 5.32 Å². The van der Waals surface area contributed by atoms with Crippen molar-refractivity contribution in [2.24, 2.45) is 11.3 Å². The smallest absolute Gasteiger partial charge is 0.0124 e. The molecule has 1 nitrogen and oxygen atoms in total. The lowest BCUT2D eigenvalue weighted by Gasteiger charge is -2.51. The first-order chi connectivity index (χ1) is 4.71. The van der Waals surface area contributed by atoms with Gasteiger partial charge in [-0.15, -0.1) is 0 Å². The van der Waals surface area contributed by atoms with Crippen LogP contribution in [0.5, 0.6) is 0 Å². The standard InChI is InChI=1S/C9H17N/c1-9(2)7-4-3-5-10-8(9)6-7/h7-8,10H,3-6H2,1-2H3/t7-,8-/m0/s1. The minimum absolute atomic E-state index is 0.608. The van der Waals surface area contributed by atoms with Crippen molar-refractivity contribution in [3.05, 3.63) is 0 Å². The first-order valence-corrected chi connectivity index (χ1v) is 4.44. The van der Waals surface area contributed by atoms with Crippen LogP contribution < -0.4 is 5.32 Å². The van der Waals surface area contributed by atoms with E-state index in [-0.39, 0.29) is 0 Å². The van der Waals surface area contributed by atoms with Gasteiger partial charge in [-0.3, -0.25) is 0 Å². The van der Waals surface area contributed by atoms with E-state index in [9.17, 15) is 0 Å². The van der Waals surface area contributed by atoms with Crippen LogP contribution in [0, 0.1) is 11.3 Å². The van der Waals surface area contributed by atoms with Crippen LogP contribution in [0.1, 0.15) is 33.1 Å². The average molecular weight is 139 g/mol. The van der Waals surface area contributed by atoms with E-state index in [4.69, 9.17) is 0 Å². The molecule has 0 radical (unpaired) electrons. The summed E-state index contributed by atoms with van der Waals surface area (Å²) in [4.78, 5) is 0. The van der Waals surface area contributed by atoms with Crippen LogP contribution >= 0.6 is 0 Å². The molecule has 1 aliphatic carbocycles. The zero-order valence-electron chi connectivity index (χ0n) is 6.98. The van der Waals surface area contributed by atoms with E-state index in [2.05, 4.69) is 19.2 Å². The van der Waals surface area contributed by atoms with E-state index in [0.717, 1.165) is 12.0 Å². The van der Waals surface area contributed by atoms with Gasteiger partial charge in [0.05, 0.1) is 0 Å². The van der Waals surface area contributed by atoms with Crippen molar-refractivity contribution in [2.75, 3.05) is 6.54 Å². The summed E-state index contributed by atoms with van der Waals surface area (Å²) in [6.45, 7) is 6.07. The third kappa shape index (κ3) is 0.731. The molecule has 2 heterocycles. The van der Waals surface area contributed by atoms with Gasteiger partial charge in [-0.1, -0.05) is 13.8 Å². The number of rotatable bonds is 0. The number of hydrogen-bond acceptors (Lipinski definition) is 1. The van der Waals surface area contributed by atoms with E-state index in [0.29, 0.717) is 5.41 Å². The van der Waals surface area contributed by atoms with E-state index in [1.807, 2.05) is 0 Å². The minimum Gasteiger partial charge on any atom is -0.313 e. The Hall–Kier alpha value is -0.0400. The molecule has 2 saturated heterocycles. The monoisotopic (exact) mass is 139 g/mol. The van der Waals surface area contributed by atoms with Crippen molar-refractivity contribution < 1.29 is 0 Å². The van der Waals surface area contributed by atoms with E-state index < -0.39 is 0 Å². The fraction of sp³-hybridized carbons (Fsp3) is 1.00. The average Bonchev–Trinajstić information content (AvgIpc) is 2.17. The second-order valence-electron chi connectivity index (χ2n) is 4.40. The lowest BCUT2D eigenvalue weighted by atomic mass is 9.58. The molecule has 1 N–H and O–H groups in total. The fourth-order valence-electron chi connectivity index (χ4n) is 2.48. The molecule has 3 rings (SSSR count). The lowest BCUT2D eigenvalue weighted by molar-refractivity contribution is 0.0266. The van der Waals surface area contributed by atoms with E-state index >= 15 is 0 Å². The maximum atomic E-state index is 3.60. The Kier molecular flexibility index (Phi) is 1.31. The Bertz CT molecular complexity index is 122. The van der Waals surface area contributed by atoms with Crippen molar-refractivity contribution >= 4 is 0 Å². The quantitative estimate of drug-likeness (QED) is 0.539.